The van der Waals surface area contributed by atoms with E-state index in [4.69, 9.17) is 12.2 Å². The van der Waals surface area contributed by atoms with Crippen molar-refractivity contribution in [2.75, 3.05) is 18.4 Å². The maximum atomic E-state index is 13.5. The van der Waals surface area contributed by atoms with Crippen molar-refractivity contribution in [2.24, 2.45) is 0 Å². The predicted octanol–water partition coefficient (Wildman–Crippen LogP) is 1.85. The first-order valence-corrected chi connectivity index (χ1v) is 8.26. The first-order chi connectivity index (χ1) is 11.5. The molecule has 6 nitrogen and oxygen atoms in total. The Bertz CT molecular complexity index is 639. The quantitative estimate of drug-likeness (QED) is 0.572. The zero-order valence-electron chi connectivity index (χ0n) is 13.5. The molecule has 0 aliphatic carbocycles. The van der Waals surface area contributed by atoms with Crippen molar-refractivity contribution >= 4 is 34.8 Å². The Labute approximate surface area is 145 Å². The maximum absolute atomic E-state index is 13.5. The number of benzene rings is 1. The van der Waals surface area contributed by atoms with Crippen LogP contribution in [0.2, 0.25) is 0 Å². The van der Waals surface area contributed by atoms with Crippen LogP contribution < -0.4 is 16.2 Å². The number of halogens is 1. The largest absolute Gasteiger partial charge is 0.333 e. The molecule has 0 unspecified atom stereocenters. The molecule has 3 N–H and O–H groups in total. The van der Waals surface area contributed by atoms with Gasteiger partial charge in [-0.2, -0.15) is 0 Å². The van der Waals surface area contributed by atoms with E-state index in [0.717, 1.165) is 19.3 Å². The van der Waals surface area contributed by atoms with Crippen molar-refractivity contribution in [1.29, 1.82) is 0 Å². The summed E-state index contributed by atoms with van der Waals surface area (Å²) in [5, 5.41) is 2.91. The summed E-state index contributed by atoms with van der Waals surface area (Å²) in [5.74, 6) is -0.700. The average molecular weight is 352 g/mol. The number of nitrogens with zero attached hydrogens (tertiary/aromatic N) is 1. The van der Waals surface area contributed by atoms with Crippen molar-refractivity contribution in [2.45, 2.75) is 32.6 Å². The smallest absolute Gasteiger partial charge is 0.257 e. The Hall–Kier alpha value is -2.22. The lowest BCUT2D eigenvalue weighted by molar-refractivity contribution is -0.135. The van der Waals surface area contributed by atoms with Crippen LogP contribution in [0.15, 0.2) is 18.2 Å². The molecule has 0 spiro atoms. The van der Waals surface area contributed by atoms with Gasteiger partial charge < -0.3 is 10.2 Å². The molecule has 1 aliphatic heterocycles. The van der Waals surface area contributed by atoms with E-state index in [2.05, 4.69) is 16.2 Å². The summed E-state index contributed by atoms with van der Waals surface area (Å²) in [6.07, 6.45) is 3.27. The molecule has 1 fully saturated rings. The van der Waals surface area contributed by atoms with Crippen molar-refractivity contribution < 1.29 is 14.0 Å². The molecule has 0 atom stereocenters. The summed E-state index contributed by atoms with van der Waals surface area (Å²) in [6.45, 7) is 2.26. The van der Waals surface area contributed by atoms with Crippen LogP contribution in [0, 0.1) is 12.7 Å². The molecule has 0 aromatic heterocycles. The van der Waals surface area contributed by atoms with Crippen LogP contribution in [0.3, 0.4) is 0 Å². The third kappa shape index (κ3) is 5.45. The molecule has 0 radical (unpaired) electrons. The Kier molecular flexibility index (Phi) is 6.48. The van der Waals surface area contributed by atoms with E-state index in [1.54, 1.807) is 24.0 Å². The van der Waals surface area contributed by atoms with Crippen molar-refractivity contribution in [1.82, 2.24) is 15.8 Å². The number of hydrogen-bond donors (Lipinski definition) is 3. The SMILES string of the molecule is Cc1ccc(NC(=S)NNC(=O)CN2CCCCCC2=O)cc1F. The highest BCUT2D eigenvalue weighted by Gasteiger charge is 2.19. The van der Waals surface area contributed by atoms with Gasteiger partial charge in [0.1, 0.15) is 12.4 Å². The van der Waals surface area contributed by atoms with Gasteiger partial charge in [-0.3, -0.25) is 20.4 Å². The summed E-state index contributed by atoms with van der Waals surface area (Å²) in [7, 11) is 0. The topological polar surface area (TPSA) is 73.5 Å². The van der Waals surface area contributed by atoms with Crippen LogP contribution in [-0.2, 0) is 9.59 Å². The molecule has 1 aliphatic rings. The Morgan fingerprint density at radius 1 is 1.29 bits per heavy atom. The fourth-order valence-electron chi connectivity index (χ4n) is 2.38. The number of anilines is 1. The van der Waals surface area contributed by atoms with E-state index in [1.807, 2.05) is 0 Å². The predicted molar refractivity (Wildman–Crippen MR) is 93.7 cm³/mol. The minimum atomic E-state index is -0.357. The van der Waals surface area contributed by atoms with Gasteiger partial charge in [0, 0.05) is 18.7 Å². The molecule has 1 aromatic carbocycles. The summed E-state index contributed by atoms with van der Waals surface area (Å²) < 4.78 is 13.5. The van der Waals surface area contributed by atoms with E-state index in [0.29, 0.717) is 24.2 Å². The molecule has 8 heteroatoms. The lowest BCUT2D eigenvalue weighted by atomic mass is 10.2. The number of nitrogens with one attached hydrogen (secondary N) is 3. The minimum absolute atomic E-state index is 0.00141. The van der Waals surface area contributed by atoms with Crippen LogP contribution in [0.5, 0.6) is 0 Å². The van der Waals surface area contributed by atoms with E-state index < -0.39 is 0 Å². The molecule has 1 saturated heterocycles. The summed E-state index contributed by atoms with van der Waals surface area (Å²) in [6, 6.07) is 4.63. The van der Waals surface area contributed by atoms with Gasteiger partial charge in [-0.15, -0.1) is 0 Å². The van der Waals surface area contributed by atoms with Gasteiger partial charge >= 0.3 is 0 Å². The first kappa shape index (κ1) is 18.1. The van der Waals surface area contributed by atoms with Crippen LogP contribution >= 0.6 is 12.2 Å². The second-order valence-electron chi connectivity index (χ2n) is 5.72. The molecule has 130 valence electrons. The highest BCUT2D eigenvalue weighted by Crippen LogP contribution is 2.13. The van der Waals surface area contributed by atoms with E-state index in [1.165, 1.54) is 6.07 Å². The molecule has 1 heterocycles. The number of rotatable bonds is 3. The summed E-state index contributed by atoms with van der Waals surface area (Å²) >= 11 is 5.04. The average Bonchev–Trinajstić information content (AvgIpc) is 2.74. The lowest BCUT2D eigenvalue weighted by Crippen LogP contribution is -2.48. The molecule has 0 saturated carbocycles. The normalized spacial score (nSPS) is 14.8. The molecule has 0 bridgehead atoms. The number of carbonyl (C=O) groups excluding carboxylic acids is 2. The lowest BCUT2D eigenvalue weighted by Gasteiger charge is -2.20. The van der Waals surface area contributed by atoms with Gasteiger partial charge in [0.2, 0.25) is 5.91 Å². The van der Waals surface area contributed by atoms with Gasteiger partial charge in [0.25, 0.3) is 5.91 Å². The fourth-order valence-corrected chi connectivity index (χ4v) is 2.55. The number of likely N-dealkylation sites (tertiary alicyclic amines) is 1. The third-order valence-corrected chi connectivity index (χ3v) is 3.96. The van der Waals surface area contributed by atoms with Crippen molar-refractivity contribution in [3.8, 4) is 0 Å². The van der Waals surface area contributed by atoms with Gasteiger partial charge in [-0.25, -0.2) is 4.39 Å². The Morgan fingerprint density at radius 2 is 2.08 bits per heavy atom. The molecule has 2 amide bonds. The highest BCUT2D eigenvalue weighted by molar-refractivity contribution is 7.80. The Balaban J connectivity index is 1.77. The van der Waals surface area contributed by atoms with Gasteiger partial charge in [0.15, 0.2) is 5.11 Å². The fraction of sp³-hybridized carbons (Fsp3) is 0.438. The van der Waals surface area contributed by atoms with Gasteiger partial charge in [-0.05, 0) is 49.7 Å². The van der Waals surface area contributed by atoms with E-state index in [-0.39, 0.29) is 29.3 Å². The molecule has 2 rings (SSSR count). The monoisotopic (exact) mass is 352 g/mol. The first-order valence-electron chi connectivity index (χ1n) is 7.85. The highest BCUT2D eigenvalue weighted by atomic mass is 32.1. The Morgan fingerprint density at radius 3 is 2.83 bits per heavy atom. The number of hydrazine groups is 1. The second-order valence-corrected chi connectivity index (χ2v) is 6.13. The van der Waals surface area contributed by atoms with E-state index in [9.17, 15) is 14.0 Å². The molecular weight excluding hydrogens is 331 g/mol. The second kappa shape index (κ2) is 8.58. The zero-order valence-corrected chi connectivity index (χ0v) is 14.3. The zero-order chi connectivity index (χ0) is 17.5. The molecule has 1 aromatic rings. The van der Waals surface area contributed by atoms with Gasteiger partial charge in [-0.1, -0.05) is 12.5 Å². The van der Waals surface area contributed by atoms with Crippen molar-refractivity contribution in [3.05, 3.63) is 29.6 Å². The van der Waals surface area contributed by atoms with Crippen LogP contribution in [-0.4, -0.2) is 34.9 Å². The van der Waals surface area contributed by atoms with Crippen LogP contribution in [0.25, 0.3) is 0 Å². The third-order valence-electron chi connectivity index (χ3n) is 3.75. The number of carbonyl (C=O) groups is 2. The number of thiocarbonyl (C=S) groups is 1. The van der Waals surface area contributed by atoms with E-state index >= 15 is 0 Å². The molecular formula is C16H21FN4O2S. The number of hydrogen-bond acceptors (Lipinski definition) is 3. The van der Waals surface area contributed by atoms with Crippen LogP contribution in [0.1, 0.15) is 31.2 Å². The molecule has 24 heavy (non-hydrogen) atoms. The minimum Gasteiger partial charge on any atom is -0.333 e. The summed E-state index contributed by atoms with van der Waals surface area (Å²) in [5.41, 5.74) is 6.00. The number of aryl methyl sites for hydroxylation is 1. The van der Waals surface area contributed by atoms with Gasteiger partial charge in [0.05, 0.1) is 0 Å². The number of amides is 2. The summed E-state index contributed by atoms with van der Waals surface area (Å²) in [4.78, 5) is 25.3. The maximum Gasteiger partial charge on any atom is 0.257 e. The van der Waals surface area contributed by atoms with Crippen LogP contribution in [0.4, 0.5) is 10.1 Å². The standard InChI is InChI=1S/C16H21FN4O2S/c1-11-6-7-12(9-13(11)17)18-16(24)20-19-14(22)10-21-8-4-2-3-5-15(21)23/h6-7,9H,2-5,8,10H2,1H3,(H,19,22)(H2,18,20,24). The van der Waals surface area contributed by atoms with Crippen molar-refractivity contribution in [3.63, 3.8) is 0 Å².